The van der Waals surface area contributed by atoms with E-state index < -0.39 is 5.97 Å². The fourth-order valence-corrected chi connectivity index (χ4v) is 2.73. The first-order valence-electron chi connectivity index (χ1n) is 6.08. The molecular formula is C15H12ClNO3S. The number of carbonyl (C=O) groups excluding carboxylic acids is 1. The number of rotatable bonds is 5. The Labute approximate surface area is 130 Å². The molecule has 0 atom stereocenters. The van der Waals surface area contributed by atoms with Crippen LogP contribution < -0.4 is 5.32 Å². The Hall–Kier alpha value is -2.11. The second-order valence-electron chi connectivity index (χ2n) is 4.13. The van der Waals surface area contributed by atoms with Crippen molar-refractivity contribution in [3.63, 3.8) is 0 Å². The lowest BCUT2D eigenvalue weighted by molar-refractivity contribution is -0.131. The predicted molar refractivity (Wildman–Crippen MR) is 83.6 cm³/mol. The second kappa shape index (κ2) is 7.06. The van der Waals surface area contributed by atoms with E-state index in [2.05, 4.69) is 5.32 Å². The minimum absolute atomic E-state index is 0.262. The molecule has 6 heteroatoms. The molecule has 0 aliphatic carbocycles. The number of hydrogen-bond donors (Lipinski definition) is 2. The molecule has 21 heavy (non-hydrogen) atoms. The van der Waals surface area contributed by atoms with Crippen LogP contribution in [0.3, 0.4) is 0 Å². The summed E-state index contributed by atoms with van der Waals surface area (Å²) in [6.07, 6.45) is 2.58. The van der Waals surface area contributed by atoms with Crippen LogP contribution in [0.1, 0.15) is 20.8 Å². The molecule has 0 spiro atoms. The molecule has 1 heterocycles. The van der Waals surface area contributed by atoms with E-state index in [4.69, 9.17) is 16.7 Å². The summed E-state index contributed by atoms with van der Waals surface area (Å²) in [7, 11) is 0. The first-order chi connectivity index (χ1) is 10.1. The van der Waals surface area contributed by atoms with Crippen molar-refractivity contribution in [3.05, 3.63) is 62.8 Å². The molecule has 0 aliphatic heterocycles. The highest BCUT2D eigenvalue weighted by Gasteiger charge is 2.10. The SMILES string of the molecule is O=C(O)/C=C/c1ccsc1CNC(=O)c1ccccc1Cl. The molecule has 0 aliphatic rings. The number of thiophene rings is 1. The number of carboxylic acids is 1. The summed E-state index contributed by atoms with van der Waals surface area (Å²) < 4.78 is 0. The van der Waals surface area contributed by atoms with Gasteiger partial charge in [0, 0.05) is 11.0 Å². The molecule has 0 saturated heterocycles. The zero-order valence-electron chi connectivity index (χ0n) is 10.9. The summed E-state index contributed by atoms with van der Waals surface area (Å²) in [5.41, 5.74) is 1.19. The van der Waals surface area contributed by atoms with Crippen LogP contribution >= 0.6 is 22.9 Å². The number of amides is 1. The van der Waals surface area contributed by atoms with Crippen LogP contribution in [0.5, 0.6) is 0 Å². The van der Waals surface area contributed by atoms with Gasteiger partial charge < -0.3 is 10.4 Å². The molecule has 1 aromatic carbocycles. The monoisotopic (exact) mass is 321 g/mol. The number of carboxylic acid groups (broad SMARTS) is 1. The Morgan fingerprint density at radius 3 is 2.76 bits per heavy atom. The average molecular weight is 322 g/mol. The van der Waals surface area contributed by atoms with Gasteiger partial charge in [-0.3, -0.25) is 4.79 Å². The first-order valence-corrected chi connectivity index (χ1v) is 7.34. The van der Waals surface area contributed by atoms with Crippen molar-refractivity contribution in [1.29, 1.82) is 0 Å². The predicted octanol–water partition coefficient (Wildman–Crippen LogP) is 3.43. The maximum absolute atomic E-state index is 12.0. The van der Waals surface area contributed by atoms with Gasteiger partial charge in [-0.25, -0.2) is 4.79 Å². The summed E-state index contributed by atoms with van der Waals surface area (Å²) in [6, 6.07) is 8.61. The molecule has 0 fully saturated rings. The van der Waals surface area contributed by atoms with E-state index in [1.165, 1.54) is 17.4 Å². The Morgan fingerprint density at radius 2 is 2.05 bits per heavy atom. The largest absolute Gasteiger partial charge is 0.478 e. The maximum Gasteiger partial charge on any atom is 0.328 e. The number of nitrogens with one attached hydrogen (secondary N) is 1. The minimum atomic E-state index is -1.01. The molecule has 1 amide bonds. The topological polar surface area (TPSA) is 66.4 Å². The third-order valence-corrected chi connectivity index (χ3v) is 3.98. The molecule has 0 unspecified atom stereocenters. The van der Waals surface area contributed by atoms with Gasteiger partial charge in [-0.05, 0) is 35.2 Å². The van der Waals surface area contributed by atoms with E-state index in [-0.39, 0.29) is 5.91 Å². The fourth-order valence-electron chi connectivity index (χ4n) is 1.70. The molecule has 2 rings (SSSR count). The van der Waals surface area contributed by atoms with Gasteiger partial charge in [-0.15, -0.1) is 11.3 Å². The van der Waals surface area contributed by atoms with Gasteiger partial charge >= 0.3 is 5.97 Å². The van der Waals surface area contributed by atoms with Crippen LogP contribution in [-0.2, 0) is 11.3 Å². The van der Waals surface area contributed by atoms with Crippen LogP contribution in [0.4, 0.5) is 0 Å². The van der Waals surface area contributed by atoms with E-state index in [0.717, 1.165) is 16.5 Å². The van der Waals surface area contributed by atoms with Gasteiger partial charge in [0.05, 0.1) is 17.1 Å². The summed E-state index contributed by atoms with van der Waals surface area (Å²) in [4.78, 5) is 23.4. The van der Waals surface area contributed by atoms with E-state index in [9.17, 15) is 9.59 Å². The Balaban J connectivity index is 2.04. The van der Waals surface area contributed by atoms with Crippen molar-refractivity contribution in [3.8, 4) is 0 Å². The van der Waals surface area contributed by atoms with E-state index >= 15 is 0 Å². The lowest BCUT2D eigenvalue weighted by atomic mass is 10.2. The standard InChI is InChI=1S/C15H12ClNO3S/c16-12-4-2-1-3-11(12)15(20)17-9-13-10(7-8-21-13)5-6-14(18)19/h1-8H,9H2,(H,17,20)(H,18,19)/b6-5+. The Bertz CT molecular complexity index is 694. The highest BCUT2D eigenvalue weighted by atomic mass is 35.5. The van der Waals surface area contributed by atoms with Crippen molar-refractivity contribution >= 4 is 40.9 Å². The number of benzene rings is 1. The highest BCUT2D eigenvalue weighted by Crippen LogP contribution is 2.19. The molecule has 4 nitrogen and oxygen atoms in total. The molecule has 2 aromatic rings. The van der Waals surface area contributed by atoms with Crippen molar-refractivity contribution in [2.75, 3.05) is 0 Å². The first kappa shape index (κ1) is 15.3. The Morgan fingerprint density at radius 1 is 1.29 bits per heavy atom. The molecule has 0 bridgehead atoms. The normalized spacial score (nSPS) is 10.7. The van der Waals surface area contributed by atoms with Crippen LogP contribution in [0.25, 0.3) is 6.08 Å². The summed E-state index contributed by atoms with van der Waals surface area (Å²) in [5, 5.41) is 13.6. The van der Waals surface area contributed by atoms with Crippen LogP contribution in [0.2, 0.25) is 5.02 Å². The van der Waals surface area contributed by atoms with Crippen molar-refractivity contribution in [2.24, 2.45) is 0 Å². The lowest BCUT2D eigenvalue weighted by Gasteiger charge is -2.06. The molecule has 2 N–H and O–H groups in total. The third-order valence-electron chi connectivity index (χ3n) is 2.71. The smallest absolute Gasteiger partial charge is 0.328 e. The van der Waals surface area contributed by atoms with E-state index in [0.29, 0.717) is 17.1 Å². The van der Waals surface area contributed by atoms with Crippen LogP contribution in [-0.4, -0.2) is 17.0 Å². The zero-order valence-corrected chi connectivity index (χ0v) is 12.4. The highest BCUT2D eigenvalue weighted by molar-refractivity contribution is 7.10. The second-order valence-corrected chi connectivity index (χ2v) is 5.54. The minimum Gasteiger partial charge on any atom is -0.478 e. The number of hydrogen-bond acceptors (Lipinski definition) is 3. The fraction of sp³-hybridized carbons (Fsp3) is 0.0667. The zero-order chi connectivity index (χ0) is 15.2. The average Bonchev–Trinajstić information content (AvgIpc) is 2.90. The van der Waals surface area contributed by atoms with Gasteiger partial charge in [0.15, 0.2) is 0 Å². The molecule has 1 aromatic heterocycles. The van der Waals surface area contributed by atoms with E-state index in [1.54, 1.807) is 30.3 Å². The van der Waals surface area contributed by atoms with Crippen molar-refractivity contribution < 1.29 is 14.7 Å². The lowest BCUT2D eigenvalue weighted by Crippen LogP contribution is -2.22. The number of halogens is 1. The third kappa shape index (κ3) is 4.18. The summed E-state index contributed by atoms with van der Waals surface area (Å²) >= 11 is 7.41. The quantitative estimate of drug-likeness (QED) is 0.829. The van der Waals surface area contributed by atoms with Gasteiger partial charge in [-0.2, -0.15) is 0 Å². The number of carbonyl (C=O) groups is 2. The van der Waals surface area contributed by atoms with Gasteiger partial charge in [0.25, 0.3) is 5.91 Å². The summed E-state index contributed by atoms with van der Waals surface area (Å²) in [6.45, 7) is 0.320. The van der Waals surface area contributed by atoms with Gasteiger partial charge in [-0.1, -0.05) is 23.7 Å². The molecule has 0 radical (unpaired) electrons. The Kier molecular flexibility index (Phi) is 5.14. The number of aliphatic carboxylic acids is 1. The molecule has 108 valence electrons. The van der Waals surface area contributed by atoms with Crippen LogP contribution in [0, 0.1) is 0 Å². The maximum atomic E-state index is 12.0. The summed E-state index contributed by atoms with van der Waals surface area (Å²) in [5.74, 6) is -1.27. The van der Waals surface area contributed by atoms with Gasteiger partial charge in [0.1, 0.15) is 0 Å². The van der Waals surface area contributed by atoms with Crippen molar-refractivity contribution in [2.45, 2.75) is 6.54 Å². The van der Waals surface area contributed by atoms with E-state index in [1.807, 2.05) is 5.38 Å². The van der Waals surface area contributed by atoms with Crippen molar-refractivity contribution in [1.82, 2.24) is 5.32 Å². The molecular weight excluding hydrogens is 310 g/mol. The van der Waals surface area contributed by atoms with Gasteiger partial charge in [0.2, 0.25) is 0 Å². The molecule has 0 saturated carbocycles. The van der Waals surface area contributed by atoms with Crippen LogP contribution in [0.15, 0.2) is 41.8 Å².